The lowest BCUT2D eigenvalue weighted by molar-refractivity contribution is -0.140. The van der Waals surface area contributed by atoms with E-state index in [-0.39, 0.29) is 31.8 Å². The highest BCUT2D eigenvalue weighted by Crippen LogP contribution is 2.22. The zero-order valence-corrected chi connectivity index (χ0v) is 25.9. The summed E-state index contributed by atoms with van der Waals surface area (Å²) in [4.78, 5) is 26.3. The third-order valence-corrected chi connectivity index (χ3v) is 8.76. The third kappa shape index (κ3) is 9.06. The minimum atomic E-state index is -3.94. The third-order valence-electron chi connectivity index (χ3n) is 7.16. The van der Waals surface area contributed by atoms with Crippen LogP contribution in [0.5, 0.6) is 5.75 Å². The van der Waals surface area contributed by atoms with Gasteiger partial charge in [-0.25, -0.2) is 0 Å². The number of aliphatic carboxylic acids is 1. The average molecular weight is 630 g/mol. The summed E-state index contributed by atoms with van der Waals surface area (Å²) in [6, 6.07) is 22.9. The molecule has 0 aromatic heterocycles. The molecule has 3 N–H and O–H groups in total. The second-order valence-electron chi connectivity index (χ2n) is 10.7. The SMILES string of the molecule is CC(C)[C@@H](NS(=O)(=O)N1CCN(c2ccc(C#Cc3ccc(OCc4ccccc4)c(C(=O)NCC#N)c3)cc2)CC1)C(=O)O. The molecule has 234 valence electrons. The Morgan fingerprint density at radius 2 is 1.60 bits per heavy atom. The van der Waals surface area contributed by atoms with E-state index in [1.165, 1.54) is 4.31 Å². The fraction of sp³-hybridized carbons (Fsp3) is 0.303. The Labute approximate surface area is 263 Å². The van der Waals surface area contributed by atoms with Gasteiger partial charge >= 0.3 is 5.97 Å². The first-order chi connectivity index (χ1) is 21.6. The van der Waals surface area contributed by atoms with E-state index in [0.717, 1.165) is 16.8 Å². The minimum absolute atomic E-state index is 0.135. The summed E-state index contributed by atoms with van der Waals surface area (Å²) in [6.45, 7) is 4.78. The van der Waals surface area contributed by atoms with E-state index in [1.807, 2.05) is 60.7 Å². The Bertz CT molecular complexity index is 1700. The zero-order valence-electron chi connectivity index (χ0n) is 25.1. The van der Waals surface area contributed by atoms with Crippen LogP contribution in [0.25, 0.3) is 0 Å². The van der Waals surface area contributed by atoms with Crippen LogP contribution in [0.3, 0.4) is 0 Å². The summed E-state index contributed by atoms with van der Waals surface area (Å²) in [7, 11) is -3.94. The summed E-state index contributed by atoms with van der Waals surface area (Å²) >= 11 is 0. The summed E-state index contributed by atoms with van der Waals surface area (Å²) in [5.41, 5.74) is 3.49. The quantitative estimate of drug-likeness (QED) is 0.216. The van der Waals surface area contributed by atoms with Crippen LogP contribution in [0.4, 0.5) is 5.69 Å². The molecule has 1 atom stereocenters. The molecule has 0 bridgehead atoms. The van der Waals surface area contributed by atoms with E-state index in [0.29, 0.717) is 24.4 Å². The number of hydrogen-bond donors (Lipinski definition) is 3. The molecule has 1 heterocycles. The number of nitrogens with zero attached hydrogens (tertiary/aromatic N) is 3. The van der Waals surface area contributed by atoms with Crippen LogP contribution in [-0.2, 0) is 21.6 Å². The van der Waals surface area contributed by atoms with Gasteiger partial charge in [0.05, 0.1) is 11.6 Å². The number of benzene rings is 3. The van der Waals surface area contributed by atoms with Gasteiger partial charge in [0, 0.05) is 43.0 Å². The van der Waals surface area contributed by atoms with Crippen molar-refractivity contribution in [2.24, 2.45) is 5.92 Å². The number of carbonyl (C=O) groups is 2. The van der Waals surface area contributed by atoms with Crippen molar-refractivity contribution in [1.82, 2.24) is 14.3 Å². The number of carboxylic acid groups (broad SMARTS) is 1. The number of hydrogen-bond acceptors (Lipinski definition) is 7. The van der Waals surface area contributed by atoms with Gasteiger partial charge in [0.2, 0.25) is 0 Å². The number of carbonyl (C=O) groups excluding carboxylic acids is 1. The maximum atomic E-state index is 12.8. The normalized spacial score (nSPS) is 14.1. The van der Waals surface area contributed by atoms with Gasteiger partial charge in [-0.05, 0) is 53.9 Å². The number of nitriles is 1. The number of amides is 1. The molecule has 0 saturated carbocycles. The number of anilines is 1. The van der Waals surface area contributed by atoms with Crippen LogP contribution in [0.1, 0.15) is 40.9 Å². The maximum absolute atomic E-state index is 12.8. The van der Waals surface area contributed by atoms with Gasteiger partial charge in [-0.2, -0.15) is 22.7 Å². The Kier molecular flexibility index (Phi) is 11.2. The monoisotopic (exact) mass is 629 g/mol. The second-order valence-corrected chi connectivity index (χ2v) is 12.4. The van der Waals surface area contributed by atoms with Gasteiger partial charge < -0.3 is 20.1 Å². The summed E-state index contributed by atoms with van der Waals surface area (Å²) in [5, 5.41) is 20.8. The Morgan fingerprint density at radius 3 is 2.22 bits per heavy atom. The molecule has 1 saturated heterocycles. The molecule has 3 aromatic carbocycles. The standard InChI is InChI=1S/C33H35N5O6S/c1-24(2)31(33(40)41)36-45(42,43)38-20-18-37(19-21-38)28-13-10-25(11-14-28)8-9-26-12-15-30(29(22-26)32(39)35-17-16-34)44-23-27-6-4-3-5-7-27/h3-7,10-15,22,24,31,36H,17-21,23H2,1-2H3,(H,35,39)(H,40,41)/t31-/m1/s1. The van der Waals surface area contributed by atoms with Crippen molar-refractivity contribution in [2.75, 3.05) is 37.6 Å². The molecule has 1 fully saturated rings. The number of carboxylic acids is 1. The van der Waals surface area contributed by atoms with Crippen LogP contribution in [0.15, 0.2) is 72.8 Å². The Morgan fingerprint density at radius 1 is 0.956 bits per heavy atom. The smallest absolute Gasteiger partial charge is 0.322 e. The molecule has 0 unspecified atom stereocenters. The van der Waals surface area contributed by atoms with Crippen molar-refractivity contribution < 1.29 is 27.9 Å². The number of piperazine rings is 1. The van der Waals surface area contributed by atoms with Crippen molar-refractivity contribution in [3.63, 3.8) is 0 Å². The zero-order chi connectivity index (χ0) is 32.4. The van der Waals surface area contributed by atoms with Gasteiger partial charge in [0.1, 0.15) is 24.9 Å². The highest BCUT2D eigenvalue weighted by Gasteiger charge is 2.33. The summed E-state index contributed by atoms with van der Waals surface area (Å²) < 4.78 is 35.0. The van der Waals surface area contributed by atoms with Gasteiger partial charge in [0.25, 0.3) is 16.1 Å². The predicted molar refractivity (Wildman–Crippen MR) is 170 cm³/mol. The van der Waals surface area contributed by atoms with Crippen LogP contribution >= 0.6 is 0 Å². The lowest BCUT2D eigenvalue weighted by atomic mass is 10.1. The highest BCUT2D eigenvalue weighted by atomic mass is 32.2. The van der Waals surface area contributed by atoms with Crippen LogP contribution in [-0.4, -0.2) is 68.5 Å². The molecule has 0 radical (unpaired) electrons. The summed E-state index contributed by atoms with van der Waals surface area (Å²) in [5.74, 6) is 4.53. The van der Waals surface area contributed by atoms with Gasteiger partial charge in [-0.1, -0.05) is 56.0 Å². The van der Waals surface area contributed by atoms with Gasteiger partial charge in [0.15, 0.2) is 0 Å². The maximum Gasteiger partial charge on any atom is 0.322 e. The average Bonchev–Trinajstić information content (AvgIpc) is 3.05. The topological polar surface area (TPSA) is 152 Å². The van der Waals surface area contributed by atoms with Crippen molar-refractivity contribution in [2.45, 2.75) is 26.5 Å². The fourth-order valence-electron chi connectivity index (χ4n) is 4.65. The van der Waals surface area contributed by atoms with Crippen molar-refractivity contribution in [1.29, 1.82) is 5.26 Å². The van der Waals surface area contributed by atoms with Gasteiger partial charge in [-0.15, -0.1) is 0 Å². The first-order valence-electron chi connectivity index (χ1n) is 14.4. The first kappa shape index (κ1) is 33.0. The molecule has 4 rings (SSSR count). The fourth-order valence-corrected chi connectivity index (χ4v) is 6.14. The molecule has 3 aromatic rings. The van der Waals surface area contributed by atoms with Gasteiger partial charge in [-0.3, -0.25) is 9.59 Å². The Hall–Kier alpha value is -4.88. The molecule has 12 heteroatoms. The lowest BCUT2D eigenvalue weighted by Gasteiger charge is -2.36. The molecule has 1 aliphatic heterocycles. The van der Waals surface area contributed by atoms with Crippen molar-refractivity contribution in [3.8, 4) is 23.7 Å². The number of ether oxygens (including phenoxy) is 1. The first-order valence-corrected chi connectivity index (χ1v) is 15.8. The Balaban J connectivity index is 1.40. The minimum Gasteiger partial charge on any atom is -0.488 e. The summed E-state index contributed by atoms with van der Waals surface area (Å²) in [6.07, 6.45) is 0. The molecule has 1 aliphatic rings. The predicted octanol–water partition coefficient (Wildman–Crippen LogP) is 2.98. The molecule has 0 spiro atoms. The molecular formula is C33H35N5O6S. The van der Waals surface area contributed by atoms with E-state index >= 15 is 0 Å². The molecule has 45 heavy (non-hydrogen) atoms. The van der Waals surface area contributed by atoms with Crippen LogP contribution in [0, 0.1) is 29.1 Å². The largest absolute Gasteiger partial charge is 0.488 e. The molecule has 11 nitrogen and oxygen atoms in total. The highest BCUT2D eigenvalue weighted by molar-refractivity contribution is 7.87. The van der Waals surface area contributed by atoms with Crippen LogP contribution in [0.2, 0.25) is 0 Å². The molecule has 1 amide bonds. The van der Waals surface area contributed by atoms with E-state index < -0.39 is 34.0 Å². The van der Waals surface area contributed by atoms with Crippen molar-refractivity contribution >= 4 is 27.8 Å². The molecule has 0 aliphatic carbocycles. The van der Waals surface area contributed by atoms with E-state index in [4.69, 9.17) is 10.00 Å². The van der Waals surface area contributed by atoms with E-state index in [1.54, 1.807) is 32.0 Å². The number of nitrogens with one attached hydrogen (secondary N) is 2. The van der Waals surface area contributed by atoms with Crippen molar-refractivity contribution in [3.05, 3.63) is 95.1 Å². The number of rotatable bonds is 11. The lowest BCUT2D eigenvalue weighted by Crippen LogP contribution is -2.55. The second kappa shape index (κ2) is 15.2. The van der Waals surface area contributed by atoms with Crippen LogP contribution < -0.4 is 19.7 Å². The van der Waals surface area contributed by atoms with E-state index in [2.05, 4.69) is 26.8 Å². The molecular weight excluding hydrogens is 594 g/mol. The van der Waals surface area contributed by atoms with E-state index in [9.17, 15) is 23.1 Å².